The molecule has 6 heteroatoms. The summed E-state index contributed by atoms with van der Waals surface area (Å²) in [6, 6.07) is 8.89. The van der Waals surface area contributed by atoms with E-state index in [-0.39, 0.29) is 35.4 Å². The molecule has 1 aliphatic heterocycles. The maximum atomic E-state index is 5.90. The largest absolute Gasteiger partial charge is 0.493 e. The Kier molecular flexibility index (Phi) is 8.02. The number of rotatable bonds is 6. The number of ether oxygens (including phenoxy) is 2. The van der Waals surface area contributed by atoms with Gasteiger partial charge in [0.2, 0.25) is 0 Å². The first-order valence-corrected chi connectivity index (χ1v) is 10.2. The molecule has 3 rings (SSSR count). The summed E-state index contributed by atoms with van der Waals surface area (Å²) in [5.41, 5.74) is 1.35. The molecule has 0 aromatic heterocycles. The highest BCUT2D eigenvalue weighted by Crippen LogP contribution is 2.52. The molecule has 2 N–H and O–H groups in total. The van der Waals surface area contributed by atoms with E-state index in [4.69, 9.17) is 9.47 Å². The molecule has 5 nitrogen and oxygen atoms in total. The van der Waals surface area contributed by atoms with E-state index in [1.807, 2.05) is 19.2 Å². The topological polar surface area (TPSA) is 54.9 Å². The van der Waals surface area contributed by atoms with Crippen molar-refractivity contribution in [3.05, 3.63) is 29.8 Å². The Hall–Kier alpha value is -1.02. The summed E-state index contributed by atoms with van der Waals surface area (Å²) in [7, 11) is 1.83. The molecule has 1 heterocycles. The number of hydrogen-bond donors (Lipinski definition) is 2. The zero-order chi connectivity index (χ0) is 19.6. The van der Waals surface area contributed by atoms with Crippen molar-refractivity contribution in [3.8, 4) is 5.75 Å². The number of hydrogen-bond acceptors (Lipinski definition) is 3. The van der Waals surface area contributed by atoms with Gasteiger partial charge in [-0.2, -0.15) is 0 Å². The molecule has 4 atom stereocenters. The summed E-state index contributed by atoms with van der Waals surface area (Å²) in [6.07, 6.45) is 1.51. The molecule has 2 fully saturated rings. The van der Waals surface area contributed by atoms with Gasteiger partial charge in [0.15, 0.2) is 5.96 Å². The van der Waals surface area contributed by atoms with E-state index in [0.29, 0.717) is 24.0 Å². The number of nitrogens with one attached hydrogen (secondary N) is 2. The first kappa shape index (κ1) is 23.3. The van der Waals surface area contributed by atoms with E-state index < -0.39 is 0 Å². The molecule has 0 spiro atoms. The average Bonchev–Trinajstić information content (AvgIpc) is 3.10. The number of benzene rings is 1. The molecule has 4 unspecified atom stereocenters. The van der Waals surface area contributed by atoms with Crippen molar-refractivity contribution in [2.24, 2.45) is 22.2 Å². The Labute approximate surface area is 187 Å². The van der Waals surface area contributed by atoms with Gasteiger partial charge in [-0.1, -0.05) is 39.8 Å². The molecule has 0 bridgehead atoms. The highest BCUT2D eigenvalue weighted by atomic mass is 127. The fourth-order valence-corrected chi connectivity index (χ4v) is 4.34. The van der Waals surface area contributed by atoms with Crippen molar-refractivity contribution in [1.29, 1.82) is 0 Å². The van der Waals surface area contributed by atoms with E-state index in [0.717, 1.165) is 31.3 Å². The zero-order valence-electron chi connectivity index (χ0n) is 18.0. The predicted molar refractivity (Wildman–Crippen MR) is 126 cm³/mol. The minimum Gasteiger partial charge on any atom is -0.493 e. The van der Waals surface area contributed by atoms with E-state index in [1.165, 1.54) is 5.56 Å². The van der Waals surface area contributed by atoms with Crippen LogP contribution in [0.4, 0.5) is 0 Å². The third kappa shape index (κ3) is 4.93. The molecule has 28 heavy (non-hydrogen) atoms. The number of halogens is 1. The second kappa shape index (κ2) is 9.65. The van der Waals surface area contributed by atoms with Crippen LogP contribution in [0.25, 0.3) is 0 Å². The van der Waals surface area contributed by atoms with E-state index in [2.05, 4.69) is 62.4 Å². The van der Waals surface area contributed by atoms with Crippen molar-refractivity contribution >= 4 is 29.9 Å². The van der Waals surface area contributed by atoms with Gasteiger partial charge in [-0.05, 0) is 37.0 Å². The van der Waals surface area contributed by atoms with Gasteiger partial charge in [-0.15, -0.1) is 24.0 Å². The summed E-state index contributed by atoms with van der Waals surface area (Å²) in [5, 5.41) is 7.17. The second-order valence-electron chi connectivity index (χ2n) is 8.90. The molecule has 1 aliphatic carbocycles. The molecule has 0 radical (unpaired) electrons. The molecule has 1 saturated heterocycles. The van der Waals surface area contributed by atoms with Gasteiger partial charge in [-0.3, -0.25) is 4.99 Å². The minimum absolute atomic E-state index is 0. The van der Waals surface area contributed by atoms with Crippen molar-refractivity contribution in [2.75, 3.05) is 20.3 Å². The fraction of sp³-hybridized carbons (Fsp3) is 0.682. The van der Waals surface area contributed by atoms with Crippen LogP contribution >= 0.6 is 24.0 Å². The summed E-state index contributed by atoms with van der Waals surface area (Å²) >= 11 is 0. The molecular weight excluding hydrogens is 465 g/mol. The van der Waals surface area contributed by atoms with E-state index in [1.54, 1.807) is 0 Å². The van der Waals surface area contributed by atoms with Gasteiger partial charge in [0.25, 0.3) is 0 Å². The Bertz CT molecular complexity index is 660. The number of aliphatic imine (C=N–C) groups is 1. The third-order valence-corrected chi connectivity index (χ3v) is 5.93. The van der Waals surface area contributed by atoms with Gasteiger partial charge in [0.1, 0.15) is 5.75 Å². The molecular formula is C22H36IN3O2. The van der Waals surface area contributed by atoms with Crippen LogP contribution in [0, 0.1) is 17.3 Å². The first-order valence-electron chi connectivity index (χ1n) is 10.2. The number of fused-ring (bicyclic) bond motifs is 1. The molecule has 1 saturated carbocycles. The molecule has 158 valence electrons. The van der Waals surface area contributed by atoms with Crippen LogP contribution in [-0.2, 0) is 4.74 Å². The normalized spacial score (nSPS) is 26.7. The van der Waals surface area contributed by atoms with E-state index in [9.17, 15) is 0 Å². The van der Waals surface area contributed by atoms with Crippen LogP contribution < -0.4 is 15.4 Å². The molecule has 2 aliphatic rings. The highest BCUT2D eigenvalue weighted by Gasteiger charge is 2.59. The Balaban J connectivity index is 0.00000280. The summed E-state index contributed by atoms with van der Waals surface area (Å²) in [5.74, 6) is 2.89. The summed E-state index contributed by atoms with van der Waals surface area (Å²) < 4.78 is 11.7. The lowest BCUT2D eigenvalue weighted by molar-refractivity contribution is -0.106. The zero-order valence-corrected chi connectivity index (χ0v) is 20.3. The van der Waals surface area contributed by atoms with Crippen LogP contribution in [0.15, 0.2) is 29.3 Å². The standard InChI is InChI=1S/C22H35N3O2.HI/c1-14(2)13-27-17-9-7-16(8-10-17)15(3)24-21(23-6)25-19-18-11-12-26-20(18)22(19,4)5;/h7-10,14-15,18-20H,11-13H2,1-6H3,(H2,23,24,25);1H. The SMILES string of the molecule is CN=C(NC(C)c1ccc(OCC(C)C)cc1)NC1C2CCOC2C1(C)C.I. The predicted octanol–water partition coefficient (Wildman–Crippen LogP) is 4.38. The number of guanidine groups is 1. The van der Waals surface area contributed by atoms with Gasteiger partial charge >= 0.3 is 0 Å². The van der Waals surface area contributed by atoms with Crippen LogP contribution in [0.5, 0.6) is 5.75 Å². The molecule has 1 aromatic carbocycles. The quantitative estimate of drug-likeness (QED) is 0.345. The van der Waals surface area contributed by atoms with Gasteiger partial charge in [-0.25, -0.2) is 0 Å². The highest BCUT2D eigenvalue weighted by molar-refractivity contribution is 14.0. The second-order valence-corrected chi connectivity index (χ2v) is 8.90. The fourth-order valence-electron chi connectivity index (χ4n) is 4.34. The average molecular weight is 501 g/mol. The van der Waals surface area contributed by atoms with Crippen LogP contribution in [0.3, 0.4) is 0 Å². The Morgan fingerprint density at radius 1 is 1.25 bits per heavy atom. The summed E-state index contributed by atoms with van der Waals surface area (Å²) in [4.78, 5) is 4.45. The molecule has 1 aromatic rings. The maximum absolute atomic E-state index is 5.90. The van der Waals surface area contributed by atoms with Crippen LogP contribution in [0.1, 0.15) is 52.6 Å². The van der Waals surface area contributed by atoms with Crippen molar-refractivity contribution in [3.63, 3.8) is 0 Å². The van der Waals surface area contributed by atoms with E-state index >= 15 is 0 Å². The van der Waals surface area contributed by atoms with Crippen molar-refractivity contribution in [1.82, 2.24) is 10.6 Å². The minimum atomic E-state index is 0. The van der Waals surface area contributed by atoms with Crippen molar-refractivity contribution in [2.45, 2.75) is 59.2 Å². The monoisotopic (exact) mass is 501 g/mol. The lowest BCUT2D eigenvalue weighted by Gasteiger charge is -2.55. The first-order chi connectivity index (χ1) is 12.8. The Morgan fingerprint density at radius 3 is 2.54 bits per heavy atom. The van der Waals surface area contributed by atoms with Gasteiger partial charge < -0.3 is 20.1 Å². The number of nitrogens with zero attached hydrogens (tertiary/aromatic N) is 1. The lowest BCUT2D eigenvalue weighted by Crippen LogP contribution is -2.68. The third-order valence-electron chi connectivity index (χ3n) is 5.93. The Morgan fingerprint density at radius 2 is 1.93 bits per heavy atom. The smallest absolute Gasteiger partial charge is 0.191 e. The van der Waals surface area contributed by atoms with Gasteiger partial charge in [0.05, 0.1) is 18.8 Å². The van der Waals surface area contributed by atoms with Gasteiger partial charge in [0, 0.05) is 31.0 Å². The van der Waals surface area contributed by atoms with Crippen molar-refractivity contribution < 1.29 is 9.47 Å². The summed E-state index contributed by atoms with van der Waals surface area (Å²) in [6.45, 7) is 12.7. The van der Waals surface area contributed by atoms with Crippen LogP contribution in [-0.4, -0.2) is 38.4 Å². The maximum Gasteiger partial charge on any atom is 0.191 e. The lowest BCUT2D eigenvalue weighted by atomic mass is 9.57. The van der Waals surface area contributed by atoms with Crippen LogP contribution in [0.2, 0.25) is 0 Å². The molecule has 0 amide bonds.